The Hall–Kier alpha value is 2.03. The third-order valence-corrected chi connectivity index (χ3v) is 0. The molecular weight excluding hydrogens is 191 g/mol. The van der Waals surface area contributed by atoms with Crippen LogP contribution in [-0.4, -0.2) is 17.5 Å². The maximum absolute atomic E-state index is 8.52. The summed E-state index contributed by atoms with van der Waals surface area (Å²) in [5.74, 6) is 0. The van der Waals surface area contributed by atoms with Crippen LogP contribution in [0.1, 0.15) is 0 Å². The van der Waals surface area contributed by atoms with Gasteiger partial charge in [0.15, 0.2) is 0 Å². The zero-order chi connectivity index (χ0) is 4.50. The Kier molecular flexibility index (Phi) is 14.1. The quantitative estimate of drug-likeness (QED) is 0.220. The summed E-state index contributed by atoms with van der Waals surface area (Å²) >= 11 is 0. The average molecular weight is 191 g/mol. The van der Waals surface area contributed by atoms with Crippen LogP contribution in [0.5, 0.6) is 0 Å². The van der Waals surface area contributed by atoms with Crippen molar-refractivity contribution in [2.75, 3.05) is 0 Å². The zero-order valence-corrected chi connectivity index (χ0v) is 8.44. The summed E-state index contributed by atoms with van der Waals surface area (Å²) in [6, 6.07) is 0. The molecule has 0 aromatic carbocycles. The van der Waals surface area contributed by atoms with Crippen molar-refractivity contribution in [3.05, 3.63) is 0 Å². The standard InChI is InChI=1S/Fe.K.H2O4S/c;;1-5(2,3)4/h;;(H2,1,2,3,4)/q+2;+1;/p-2. The Bertz CT molecular complexity index is 94.9. The molecule has 0 aliphatic heterocycles. The first-order chi connectivity index (χ1) is 2.00. The molecule has 0 heterocycles. The van der Waals surface area contributed by atoms with Crippen LogP contribution in [0, 0.1) is 0 Å². The first kappa shape index (κ1) is 16.0. The summed E-state index contributed by atoms with van der Waals surface area (Å²) < 4.78 is 34.1. The van der Waals surface area contributed by atoms with E-state index in [2.05, 4.69) is 0 Å². The van der Waals surface area contributed by atoms with Crippen LogP contribution in [-0.2, 0) is 27.5 Å². The maximum Gasteiger partial charge on any atom is 2.00 e. The van der Waals surface area contributed by atoms with E-state index in [1.807, 2.05) is 0 Å². The maximum atomic E-state index is 8.52. The van der Waals surface area contributed by atoms with Crippen molar-refractivity contribution in [2.45, 2.75) is 0 Å². The second-order valence-electron chi connectivity index (χ2n) is 0.408. The van der Waals surface area contributed by atoms with Crippen LogP contribution >= 0.6 is 0 Å². The minimum atomic E-state index is -5.17. The molecule has 7 heteroatoms. The van der Waals surface area contributed by atoms with Gasteiger partial charge in [-0.2, -0.15) is 0 Å². The fourth-order valence-corrected chi connectivity index (χ4v) is 0. The third-order valence-electron chi connectivity index (χ3n) is 0. The van der Waals surface area contributed by atoms with Crippen LogP contribution in [0.25, 0.3) is 0 Å². The third kappa shape index (κ3) is 71.0. The second kappa shape index (κ2) is 6.15. The summed E-state index contributed by atoms with van der Waals surface area (Å²) in [7, 11) is -5.17. The molecule has 0 N–H and O–H groups in total. The molecule has 0 atom stereocenters. The second-order valence-corrected chi connectivity index (χ2v) is 1.22. The van der Waals surface area contributed by atoms with Gasteiger partial charge in [-0.3, -0.25) is 8.42 Å². The van der Waals surface area contributed by atoms with Gasteiger partial charge < -0.3 is 9.11 Å². The van der Waals surface area contributed by atoms with E-state index < -0.39 is 10.4 Å². The summed E-state index contributed by atoms with van der Waals surface area (Å²) in [6.45, 7) is 0. The molecule has 0 aromatic rings. The van der Waals surface area contributed by atoms with Gasteiger partial charge in [0.1, 0.15) is 0 Å². The van der Waals surface area contributed by atoms with Crippen molar-refractivity contribution in [1.82, 2.24) is 0 Å². The Morgan fingerprint density at radius 3 is 1.14 bits per heavy atom. The first-order valence-electron chi connectivity index (χ1n) is 0.667. The van der Waals surface area contributed by atoms with Gasteiger partial charge in [0.2, 0.25) is 0 Å². The number of hydrogen-bond acceptors (Lipinski definition) is 4. The van der Waals surface area contributed by atoms with E-state index in [-0.39, 0.29) is 68.5 Å². The number of rotatable bonds is 0. The van der Waals surface area contributed by atoms with E-state index in [9.17, 15) is 0 Å². The van der Waals surface area contributed by atoms with E-state index in [1.54, 1.807) is 0 Å². The van der Waals surface area contributed by atoms with Crippen LogP contribution in [0.15, 0.2) is 0 Å². The minimum Gasteiger partial charge on any atom is -0.759 e. The summed E-state index contributed by atoms with van der Waals surface area (Å²) in [5, 5.41) is 0. The smallest absolute Gasteiger partial charge is 0.759 e. The van der Waals surface area contributed by atoms with Crippen molar-refractivity contribution in [3.8, 4) is 0 Å². The van der Waals surface area contributed by atoms with E-state index >= 15 is 0 Å². The van der Waals surface area contributed by atoms with Gasteiger partial charge in [0, 0.05) is 10.4 Å². The Labute approximate surface area is 94.5 Å². The number of hydrogen-bond donors (Lipinski definition) is 0. The van der Waals surface area contributed by atoms with Crippen LogP contribution in [0.2, 0.25) is 0 Å². The van der Waals surface area contributed by atoms with Gasteiger partial charge in [-0.1, -0.05) is 0 Å². The normalized spacial score (nSPS) is 8.29. The molecule has 38 valence electrons. The fourth-order valence-electron chi connectivity index (χ4n) is 0. The van der Waals surface area contributed by atoms with Crippen molar-refractivity contribution >= 4 is 10.4 Å². The fraction of sp³-hybridized carbons (Fsp3) is 0. The van der Waals surface area contributed by atoms with Crippen LogP contribution in [0.3, 0.4) is 0 Å². The van der Waals surface area contributed by atoms with Gasteiger partial charge in [0.25, 0.3) is 0 Å². The minimum absolute atomic E-state index is 0. The van der Waals surface area contributed by atoms with Gasteiger partial charge in [-0.05, 0) is 0 Å². The molecule has 0 saturated carbocycles. The molecule has 0 spiro atoms. The van der Waals surface area contributed by atoms with Crippen molar-refractivity contribution in [1.29, 1.82) is 0 Å². The average Bonchev–Trinajstić information content (AvgIpc) is 0.722. The zero-order valence-electron chi connectivity index (χ0n) is 3.39. The Morgan fingerprint density at radius 2 is 1.14 bits per heavy atom. The van der Waals surface area contributed by atoms with E-state index in [1.165, 1.54) is 0 Å². The molecule has 7 heavy (non-hydrogen) atoms. The molecule has 0 fully saturated rings. The van der Waals surface area contributed by atoms with Gasteiger partial charge in [-0.15, -0.1) is 0 Å². The molecule has 0 aliphatic carbocycles. The van der Waals surface area contributed by atoms with Crippen LogP contribution < -0.4 is 51.4 Å². The molecule has 0 bridgehead atoms. The Morgan fingerprint density at radius 1 is 1.14 bits per heavy atom. The van der Waals surface area contributed by atoms with Crippen molar-refractivity contribution in [3.63, 3.8) is 0 Å². The summed E-state index contributed by atoms with van der Waals surface area (Å²) in [4.78, 5) is 0. The SMILES string of the molecule is O=S(=O)([O-])[O-].[Fe+2].[K+]. The topological polar surface area (TPSA) is 80.3 Å². The molecule has 0 unspecified atom stereocenters. The van der Waals surface area contributed by atoms with Crippen LogP contribution in [0.4, 0.5) is 0 Å². The predicted octanol–water partition coefficient (Wildman–Crippen LogP) is -4.34. The van der Waals surface area contributed by atoms with Gasteiger partial charge in [0.05, 0.1) is 0 Å². The molecule has 4 nitrogen and oxygen atoms in total. The van der Waals surface area contributed by atoms with Gasteiger partial charge >= 0.3 is 68.5 Å². The van der Waals surface area contributed by atoms with E-state index in [0.29, 0.717) is 0 Å². The molecule has 0 saturated heterocycles. The monoisotopic (exact) mass is 191 g/mol. The Balaban J connectivity index is -0.0000000800. The predicted molar refractivity (Wildman–Crippen MR) is 10.5 cm³/mol. The molecule has 0 radical (unpaired) electrons. The van der Waals surface area contributed by atoms with E-state index in [0.717, 1.165) is 0 Å². The van der Waals surface area contributed by atoms with E-state index in [4.69, 9.17) is 17.5 Å². The van der Waals surface area contributed by atoms with Crippen molar-refractivity contribution in [2.24, 2.45) is 0 Å². The largest absolute Gasteiger partial charge is 2.00 e. The summed E-state index contributed by atoms with van der Waals surface area (Å²) in [5.41, 5.74) is 0. The van der Waals surface area contributed by atoms with Gasteiger partial charge in [-0.25, -0.2) is 0 Å². The summed E-state index contributed by atoms with van der Waals surface area (Å²) in [6.07, 6.45) is 0. The first-order valence-corrected chi connectivity index (χ1v) is 2.00. The molecule has 0 aromatic heterocycles. The molecule has 0 aliphatic rings. The van der Waals surface area contributed by atoms with Crippen molar-refractivity contribution < 1.29 is 86.0 Å². The molecule has 0 rings (SSSR count). The molecule has 0 amide bonds. The molecular formula is FeKO4S+.